The summed E-state index contributed by atoms with van der Waals surface area (Å²) in [4.78, 5) is 32.3. The molecule has 7 heteroatoms. The van der Waals surface area contributed by atoms with Crippen LogP contribution in [0.4, 0.5) is 10.8 Å². The number of anilines is 2. The van der Waals surface area contributed by atoms with Gasteiger partial charge >= 0.3 is 0 Å². The van der Waals surface area contributed by atoms with Gasteiger partial charge < -0.3 is 15.5 Å². The molecule has 0 radical (unpaired) electrons. The van der Waals surface area contributed by atoms with Crippen LogP contribution in [0.15, 0.2) is 24.3 Å². The van der Waals surface area contributed by atoms with Crippen molar-refractivity contribution in [2.24, 2.45) is 5.92 Å². The fourth-order valence-corrected chi connectivity index (χ4v) is 3.68. The molecule has 0 aliphatic carbocycles. The number of benzene rings is 1. The molecule has 25 heavy (non-hydrogen) atoms. The second-order valence-electron chi connectivity index (χ2n) is 6.52. The number of fused-ring (bicyclic) bond motifs is 1. The molecule has 2 aromatic rings. The van der Waals surface area contributed by atoms with Crippen LogP contribution in [0.3, 0.4) is 0 Å². The lowest BCUT2D eigenvalue weighted by molar-refractivity contribution is -0.117. The molecule has 1 aromatic carbocycles. The summed E-state index contributed by atoms with van der Waals surface area (Å²) in [6.45, 7) is 7.91. The van der Waals surface area contributed by atoms with Crippen LogP contribution >= 0.6 is 11.3 Å². The summed E-state index contributed by atoms with van der Waals surface area (Å²) < 4.78 is 0. The van der Waals surface area contributed by atoms with Gasteiger partial charge in [0, 0.05) is 10.6 Å². The van der Waals surface area contributed by atoms with Gasteiger partial charge in [-0.2, -0.15) is 0 Å². The zero-order chi connectivity index (χ0) is 18.1. The summed E-state index contributed by atoms with van der Waals surface area (Å²) >= 11 is 1.44. The quantitative estimate of drug-likeness (QED) is 0.880. The Labute approximate surface area is 151 Å². The summed E-state index contributed by atoms with van der Waals surface area (Å²) in [7, 11) is 0. The van der Waals surface area contributed by atoms with E-state index in [0.717, 1.165) is 16.3 Å². The van der Waals surface area contributed by atoms with Gasteiger partial charge in [0.2, 0.25) is 5.91 Å². The number of aromatic nitrogens is 1. The zero-order valence-corrected chi connectivity index (χ0v) is 15.6. The first kappa shape index (κ1) is 17.4. The zero-order valence-electron chi connectivity index (χ0n) is 14.8. The average molecular weight is 358 g/mol. The topological polar surface area (TPSA) is 74.3 Å². The van der Waals surface area contributed by atoms with Crippen molar-refractivity contribution in [2.75, 3.05) is 17.2 Å². The predicted octanol–water partition coefficient (Wildman–Crippen LogP) is 3.25. The van der Waals surface area contributed by atoms with E-state index in [1.807, 2.05) is 45.9 Å². The Bertz CT molecular complexity index is 796. The van der Waals surface area contributed by atoms with E-state index in [2.05, 4.69) is 15.6 Å². The first-order valence-corrected chi connectivity index (χ1v) is 9.09. The summed E-state index contributed by atoms with van der Waals surface area (Å²) in [5.74, 6) is -0.210. The number of hydrogen-bond acceptors (Lipinski definition) is 5. The Hall–Kier alpha value is -2.41. The number of para-hydroxylation sites is 1. The van der Waals surface area contributed by atoms with Gasteiger partial charge in [0.25, 0.3) is 5.91 Å². The Morgan fingerprint density at radius 3 is 2.72 bits per heavy atom. The fourth-order valence-electron chi connectivity index (χ4n) is 2.85. The van der Waals surface area contributed by atoms with Crippen LogP contribution in [0.5, 0.6) is 0 Å². The molecule has 1 aromatic heterocycles. The maximum absolute atomic E-state index is 12.9. The number of hydrogen-bond donors (Lipinski definition) is 2. The van der Waals surface area contributed by atoms with Crippen molar-refractivity contribution in [2.45, 2.75) is 33.9 Å². The van der Waals surface area contributed by atoms with Crippen LogP contribution in [0, 0.1) is 19.8 Å². The van der Waals surface area contributed by atoms with E-state index < -0.39 is 0 Å². The predicted molar refractivity (Wildman–Crippen MR) is 99.9 cm³/mol. The van der Waals surface area contributed by atoms with Crippen molar-refractivity contribution < 1.29 is 9.59 Å². The van der Waals surface area contributed by atoms with Gasteiger partial charge in [-0.15, -0.1) is 11.3 Å². The van der Waals surface area contributed by atoms with E-state index in [1.54, 1.807) is 11.0 Å². The first-order chi connectivity index (χ1) is 11.9. The van der Waals surface area contributed by atoms with E-state index in [1.165, 1.54) is 11.3 Å². The largest absolute Gasteiger partial charge is 0.364 e. The molecule has 0 unspecified atom stereocenters. The number of rotatable bonds is 4. The molecule has 2 heterocycles. The van der Waals surface area contributed by atoms with Crippen molar-refractivity contribution in [1.29, 1.82) is 0 Å². The highest BCUT2D eigenvalue weighted by atomic mass is 32.1. The van der Waals surface area contributed by atoms with Crippen molar-refractivity contribution in [3.8, 4) is 0 Å². The highest BCUT2D eigenvalue weighted by Crippen LogP contribution is 2.28. The minimum Gasteiger partial charge on any atom is -0.364 e. The molecule has 0 spiro atoms. The maximum atomic E-state index is 12.9. The van der Waals surface area contributed by atoms with Crippen LogP contribution in [0.1, 0.15) is 34.8 Å². The van der Waals surface area contributed by atoms with Crippen molar-refractivity contribution >= 4 is 34.0 Å². The molecule has 1 aliphatic rings. The van der Waals surface area contributed by atoms with Crippen LogP contribution in [0.25, 0.3) is 0 Å². The second-order valence-corrected chi connectivity index (χ2v) is 7.72. The molecule has 6 nitrogen and oxygen atoms in total. The smallest absolute Gasteiger partial charge is 0.258 e. The van der Waals surface area contributed by atoms with E-state index in [9.17, 15) is 9.59 Å². The van der Waals surface area contributed by atoms with Crippen LogP contribution in [0.2, 0.25) is 0 Å². The van der Waals surface area contributed by atoms with Gasteiger partial charge in [-0.05, 0) is 31.9 Å². The lowest BCUT2D eigenvalue weighted by atomic mass is 10.0. The third kappa shape index (κ3) is 3.51. The monoisotopic (exact) mass is 358 g/mol. The standard InChI is InChI=1S/C18H22N4O2S/c1-10(2)16-20-14-8-6-5-7-13(14)17(24)22(16)9-15(23)21-18-19-11(3)12(4)25-18/h5-8,10,16,20H,9H2,1-4H3,(H,19,21,23)/t16-/m0/s1. The normalized spacial score (nSPS) is 16.6. The highest BCUT2D eigenvalue weighted by molar-refractivity contribution is 7.15. The minimum atomic E-state index is -0.242. The first-order valence-electron chi connectivity index (χ1n) is 8.27. The molecule has 0 bridgehead atoms. The number of amides is 2. The van der Waals surface area contributed by atoms with Gasteiger partial charge in [0.1, 0.15) is 12.7 Å². The van der Waals surface area contributed by atoms with E-state index in [-0.39, 0.29) is 30.4 Å². The van der Waals surface area contributed by atoms with E-state index >= 15 is 0 Å². The number of nitrogens with zero attached hydrogens (tertiary/aromatic N) is 2. The Balaban J connectivity index is 1.79. The van der Waals surface area contributed by atoms with Crippen LogP contribution in [-0.4, -0.2) is 34.4 Å². The molecule has 0 saturated heterocycles. The fraction of sp³-hybridized carbons (Fsp3) is 0.389. The molecule has 1 atom stereocenters. The lowest BCUT2D eigenvalue weighted by Gasteiger charge is -2.39. The van der Waals surface area contributed by atoms with E-state index in [0.29, 0.717) is 10.7 Å². The maximum Gasteiger partial charge on any atom is 0.258 e. The van der Waals surface area contributed by atoms with Crippen molar-refractivity contribution in [3.63, 3.8) is 0 Å². The summed E-state index contributed by atoms with van der Waals surface area (Å²) in [6.07, 6.45) is -0.229. The van der Waals surface area contributed by atoms with Crippen LogP contribution < -0.4 is 10.6 Å². The Kier molecular flexibility index (Phi) is 4.76. The number of nitrogens with one attached hydrogen (secondary N) is 2. The number of aryl methyl sites for hydroxylation is 2. The molecular formula is C18H22N4O2S. The SMILES string of the molecule is Cc1nc(NC(=O)CN2C(=O)c3ccccc3N[C@@H]2C(C)C)sc1C. The van der Waals surface area contributed by atoms with E-state index in [4.69, 9.17) is 0 Å². The molecule has 3 rings (SSSR count). The summed E-state index contributed by atoms with van der Waals surface area (Å²) in [5, 5.41) is 6.74. The summed E-state index contributed by atoms with van der Waals surface area (Å²) in [5.41, 5.74) is 2.31. The van der Waals surface area contributed by atoms with Gasteiger partial charge in [-0.3, -0.25) is 9.59 Å². The summed E-state index contributed by atoms with van der Waals surface area (Å²) in [6, 6.07) is 7.39. The third-order valence-electron chi connectivity index (χ3n) is 4.28. The molecule has 1 aliphatic heterocycles. The van der Waals surface area contributed by atoms with Crippen molar-refractivity contribution in [1.82, 2.24) is 9.88 Å². The highest BCUT2D eigenvalue weighted by Gasteiger charge is 2.34. The Morgan fingerprint density at radius 2 is 2.08 bits per heavy atom. The average Bonchev–Trinajstić information content (AvgIpc) is 2.87. The van der Waals surface area contributed by atoms with Gasteiger partial charge in [0.15, 0.2) is 5.13 Å². The molecule has 2 N–H and O–H groups in total. The molecule has 0 fully saturated rings. The van der Waals surface area contributed by atoms with Gasteiger partial charge in [-0.1, -0.05) is 26.0 Å². The molecule has 2 amide bonds. The lowest BCUT2D eigenvalue weighted by Crippen LogP contribution is -2.53. The van der Waals surface area contributed by atoms with Gasteiger partial charge in [-0.25, -0.2) is 4.98 Å². The van der Waals surface area contributed by atoms with Gasteiger partial charge in [0.05, 0.1) is 11.3 Å². The van der Waals surface area contributed by atoms with Crippen LogP contribution in [-0.2, 0) is 4.79 Å². The Morgan fingerprint density at radius 1 is 1.36 bits per heavy atom. The van der Waals surface area contributed by atoms with Crippen molar-refractivity contribution in [3.05, 3.63) is 40.4 Å². The second kappa shape index (κ2) is 6.84. The molecule has 0 saturated carbocycles. The number of carbonyl (C=O) groups is 2. The molecular weight excluding hydrogens is 336 g/mol. The third-order valence-corrected chi connectivity index (χ3v) is 5.27. The number of carbonyl (C=O) groups excluding carboxylic acids is 2. The molecule has 132 valence electrons. The number of thiazole rings is 1. The minimum absolute atomic E-state index is 0.0132.